The number of hydrogen-bond donors (Lipinski definition) is 1. The molecule has 21 heavy (non-hydrogen) atoms. The first-order valence-electron chi connectivity index (χ1n) is 7.26. The fourth-order valence-corrected chi connectivity index (χ4v) is 2.18. The summed E-state index contributed by atoms with van der Waals surface area (Å²) in [7, 11) is 2.01. The largest absolute Gasteiger partial charge is 0.489 e. The molecular formula is C16H22FN3O. The number of aromatic nitrogens is 2. The summed E-state index contributed by atoms with van der Waals surface area (Å²) in [5.74, 6) is 1.77. The normalized spacial score (nSPS) is 12.1. The lowest BCUT2D eigenvalue weighted by atomic mass is 10.2. The number of halogens is 1. The van der Waals surface area contributed by atoms with Crippen molar-refractivity contribution in [2.75, 3.05) is 13.2 Å². The third-order valence-corrected chi connectivity index (χ3v) is 3.54. The van der Waals surface area contributed by atoms with E-state index in [1.807, 2.05) is 25.2 Å². The summed E-state index contributed by atoms with van der Waals surface area (Å²) in [5.41, 5.74) is 7.82. The predicted molar refractivity (Wildman–Crippen MR) is 83.1 cm³/mol. The monoisotopic (exact) mass is 291 g/mol. The van der Waals surface area contributed by atoms with Crippen LogP contribution in [0.2, 0.25) is 0 Å². The minimum Gasteiger partial charge on any atom is -0.489 e. The molecule has 1 heterocycles. The molecule has 0 radical (unpaired) electrons. The zero-order chi connectivity index (χ0) is 15.2. The minimum absolute atomic E-state index is 0.158. The Balaban J connectivity index is 2.18. The van der Waals surface area contributed by atoms with Crippen molar-refractivity contribution >= 4 is 11.0 Å². The Labute approximate surface area is 124 Å². The molecule has 114 valence electrons. The van der Waals surface area contributed by atoms with Gasteiger partial charge in [-0.3, -0.25) is 0 Å². The van der Waals surface area contributed by atoms with E-state index in [-0.39, 0.29) is 13.2 Å². The second-order valence-corrected chi connectivity index (χ2v) is 5.10. The van der Waals surface area contributed by atoms with Gasteiger partial charge in [-0.2, -0.15) is 0 Å². The van der Waals surface area contributed by atoms with E-state index >= 15 is 0 Å². The molecule has 0 unspecified atom stereocenters. The highest BCUT2D eigenvalue weighted by molar-refractivity contribution is 5.77. The van der Waals surface area contributed by atoms with E-state index in [4.69, 9.17) is 10.5 Å². The summed E-state index contributed by atoms with van der Waals surface area (Å²) < 4.78 is 20.1. The molecule has 0 bridgehead atoms. The molecule has 0 fully saturated rings. The minimum atomic E-state index is 0.158. The van der Waals surface area contributed by atoms with Gasteiger partial charge in [0.15, 0.2) is 0 Å². The Hall–Kier alpha value is -1.88. The number of benzene rings is 1. The van der Waals surface area contributed by atoms with Crippen LogP contribution in [-0.2, 0) is 13.5 Å². The van der Waals surface area contributed by atoms with Gasteiger partial charge in [-0.1, -0.05) is 13.3 Å². The van der Waals surface area contributed by atoms with Gasteiger partial charge in [0.25, 0.3) is 0 Å². The molecule has 0 spiro atoms. The van der Waals surface area contributed by atoms with Gasteiger partial charge < -0.3 is 15.0 Å². The maximum atomic E-state index is 12.5. The van der Waals surface area contributed by atoms with Crippen molar-refractivity contribution in [2.24, 2.45) is 12.8 Å². The maximum absolute atomic E-state index is 12.5. The predicted octanol–water partition coefficient (Wildman–Crippen LogP) is 3.11. The number of aryl methyl sites for hydroxylation is 2. The molecule has 0 aliphatic carbocycles. The van der Waals surface area contributed by atoms with Crippen molar-refractivity contribution in [1.29, 1.82) is 0 Å². The number of imidazole rings is 1. The quantitative estimate of drug-likeness (QED) is 0.852. The van der Waals surface area contributed by atoms with E-state index in [1.165, 1.54) is 0 Å². The standard InChI is InChI=1S/C16H22FN3O/c1-3-4-5-16-19-14-7-6-13(8-15(14)20(16)2)21-11-12(9-17)10-18/h6-9H,3-5,10-11,18H2,1-2H3/b12-9-. The lowest BCUT2D eigenvalue weighted by molar-refractivity contribution is 0.348. The molecule has 0 atom stereocenters. The second-order valence-electron chi connectivity index (χ2n) is 5.10. The number of hydrogen-bond acceptors (Lipinski definition) is 3. The van der Waals surface area contributed by atoms with Crippen LogP contribution in [0.5, 0.6) is 5.75 Å². The SMILES string of the molecule is CCCCc1nc2ccc(OC/C(=C\F)CN)cc2n1C. The van der Waals surface area contributed by atoms with E-state index < -0.39 is 0 Å². The molecule has 1 aromatic heterocycles. The van der Waals surface area contributed by atoms with E-state index in [0.717, 1.165) is 36.1 Å². The molecule has 4 nitrogen and oxygen atoms in total. The van der Waals surface area contributed by atoms with Crippen LogP contribution in [-0.4, -0.2) is 22.7 Å². The van der Waals surface area contributed by atoms with Gasteiger partial charge in [-0.25, -0.2) is 9.37 Å². The molecule has 5 heteroatoms. The van der Waals surface area contributed by atoms with Gasteiger partial charge in [0.05, 0.1) is 17.4 Å². The molecule has 2 N–H and O–H groups in total. The van der Waals surface area contributed by atoms with Crippen LogP contribution >= 0.6 is 0 Å². The number of rotatable bonds is 7. The van der Waals surface area contributed by atoms with Gasteiger partial charge in [-0.05, 0) is 18.6 Å². The highest BCUT2D eigenvalue weighted by Crippen LogP contribution is 2.22. The highest BCUT2D eigenvalue weighted by Gasteiger charge is 2.08. The number of ether oxygens (including phenoxy) is 1. The van der Waals surface area contributed by atoms with Crippen LogP contribution in [0.25, 0.3) is 11.0 Å². The molecule has 0 aliphatic heterocycles. The fourth-order valence-electron chi connectivity index (χ4n) is 2.18. The summed E-state index contributed by atoms with van der Waals surface area (Å²) in [6.45, 7) is 2.49. The molecule has 0 aliphatic rings. The van der Waals surface area contributed by atoms with Gasteiger partial charge in [0, 0.05) is 31.7 Å². The van der Waals surface area contributed by atoms with Crippen LogP contribution in [0.15, 0.2) is 30.1 Å². The summed E-state index contributed by atoms with van der Waals surface area (Å²) in [5, 5.41) is 0. The van der Waals surface area contributed by atoms with Gasteiger partial charge in [0.1, 0.15) is 18.2 Å². The summed E-state index contributed by atoms with van der Waals surface area (Å²) in [6.07, 6.45) is 3.75. The summed E-state index contributed by atoms with van der Waals surface area (Å²) in [6, 6.07) is 5.72. The molecule has 0 amide bonds. The molecular weight excluding hydrogens is 269 g/mol. The van der Waals surface area contributed by atoms with Crippen LogP contribution in [0.1, 0.15) is 25.6 Å². The zero-order valence-corrected chi connectivity index (χ0v) is 12.6. The number of fused-ring (bicyclic) bond motifs is 1. The topological polar surface area (TPSA) is 53.1 Å². The Morgan fingerprint density at radius 1 is 1.48 bits per heavy atom. The van der Waals surface area contributed by atoms with Gasteiger partial charge >= 0.3 is 0 Å². The highest BCUT2D eigenvalue weighted by atomic mass is 19.1. The van der Waals surface area contributed by atoms with Crippen molar-refractivity contribution in [3.8, 4) is 5.75 Å². The summed E-state index contributed by atoms with van der Waals surface area (Å²) >= 11 is 0. The lowest BCUT2D eigenvalue weighted by Crippen LogP contribution is -2.10. The Bertz CT molecular complexity index is 634. The average Bonchev–Trinajstić information content (AvgIpc) is 2.82. The van der Waals surface area contributed by atoms with Crippen LogP contribution in [0.4, 0.5) is 4.39 Å². The second kappa shape index (κ2) is 7.22. The first kappa shape index (κ1) is 15.5. The Morgan fingerprint density at radius 3 is 2.95 bits per heavy atom. The van der Waals surface area contributed by atoms with Crippen LogP contribution in [0.3, 0.4) is 0 Å². The van der Waals surface area contributed by atoms with Crippen molar-refractivity contribution in [2.45, 2.75) is 26.2 Å². The third kappa shape index (κ3) is 3.61. The number of unbranched alkanes of at least 4 members (excludes halogenated alkanes) is 1. The van der Waals surface area contributed by atoms with Crippen molar-refractivity contribution in [1.82, 2.24) is 9.55 Å². The molecule has 2 aromatic rings. The van der Waals surface area contributed by atoms with Crippen molar-refractivity contribution < 1.29 is 9.13 Å². The maximum Gasteiger partial charge on any atom is 0.122 e. The van der Waals surface area contributed by atoms with Crippen molar-refractivity contribution in [3.63, 3.8) is 0 Å². The molecule has 0 saturated carbocycles. The smallest absolute Gasteiger partial charge is 0.122 e. The first-order valence-corrected chi connectivity index (χ1v) is 7.26. The van der Waals surface area contributed by atoms with E-state index in [9.17, 15) is 4.39 Å². The van der Waals surface area contributed by atoms with Crippen LogP contribution < -0.4 is 10.5 Å². The average molecular weight is 291 g/mol. The van der Waals surface area contributed by atoms with Gasteiger partial charge in [0.2, 0.25) is 0 Å². The Kier molecular flexibility index (Phi) is 5.33. The molecule has 2 rings (SSSR count). The number of nitrogens with zero attached hydrogens (tertiary/aromatic N) is 2. The van der Waals surface area contributed by atoms with Crippen LogP contribution in [0, 0.1) is 0 Å². The van der Waals surface area contributed by atoms with E-state index in [2.05, 4.69) is 16.5 Å². The fraction of sp³-hybridized carbons (Fsp3) is 0.438. The first-order chi connectivity index (χ1) is 10.2. The van der Waals surface area contributed by atoms with Crippen molar-refractivity contribution in [3.05, 3.63) is 35.9 Å². The molecule has 0 saturated heterocycles. The zero-order valence-electron chi connectivity index (χ0n) is 12.6. The van der Waals surface area contributed by atoms with E-state index in [0.29, 0.717) is 17.7 Å². The molecule has 1 aromatic carbocycles. The third-order valence-electron chi connectivity index (χ3n) is 3.54. The summed E-state index contributed by atoms with van der Waals surface area (Å²) in [4.78, 5) is 4.63. The number of nitrogens with two attached hydrogens (primary N) is 1. The van der Waals surface area contributed by atoms with Gasteiger partial charge in [-0.15, -0.1) is 0 Å². The van der Waals surface area contributed by atoms with E-state index in [1.54, 1.807) is 0 Å². The Morgan fingerprint density at radius 2 is 2.29 bits per heavy atom. The lowest BCUT2D eigenvalue weighted by Gasteiger charge is -2.07.